The number of aromatic nitrogens is 1. The van der Waals surface area contributed by atoms with Crippen molar-refractivity contribution >= 4 is 12.4 Å². The van der Waals surface area contributed by atoms with Crippen LogP contribution in [-0.4, -0.2) is 10.9 Å². The lowest BCUT2D eigenvalue weighted by atomic mass is 10.3. The smallest absolute Gasteiger partial charge is 0.142 e. The molecular formula is C13H11NO. The number of nitrogens with zero attached hydrogens (tertiary/aromatic N) is 1. The first kappa shape index (κ1) is 9.46. The average Bonchev–Trinajstić information content (AvgIpc) is 2.75. The van der Waals surface area contributed by atoms with Crippen molar-refractivity contribution in [3.8, 4) is 5.69 Å². The molecule has 0 saturated carbocycles. The highest BCUT2D eigenvalue weighted by molar-refractivity contribution is 5.73. The van der Waals surface area contributed by atoms with Gasteiger partial charge in [-0.3, -0.25) is 4.79 Å². The van der Waals surface area contributed by atoms with Crippen molar-refractivity contribution in [1.82, 2.24) is 4.57 Å². The molecule has 2 aromatic rings. The Morgan fingerprint density at radius 2 is 1.80 bits per heavy atom. The van der Waals surface area contributed by atoms with Gasteiger partial charge in [-0.2, -0.15) is 0 Å². The number of carbonyl (C=O) groups excluding carboxylic acids is 1. The molecular weight excluding hydrogens is 186 g/mol. The van der Waals surface area contributed by atoms with E-state index >= 15 is 0 Å². The Hall–Kier alpha value is -2.09. The summed E-state index contributed by atoms with van der Waals surface area (Å²) in [6.07, 6.45) is 6.04. The molecule has 2 nitrogen and oxygen atoms in total. The second-order valence-electron chi connectivity index (χ2n) is 3.13. The van der Waals surface area contributed by atoms with Crippen LogP contribution < -0.4 is 0 Å². The highest BCUT2D eigenvalue weighted by Gasteiger charge is 1.98. The van der Waals surface area contributed by atoms with Crippen LogP contribution in [0.15, 0.2) is 54.7 Å². The van der Waals surface area contributed by atoms with E-state index in [2.05, 4.69) is 0 Å². The van der Waals surface area contributed by atoms with E-state index in [9.17, 15) is 4.79 Å². The molecule has 1 aromatic heterocycles. The number of hydrogen-bond donors (Lipinski definition) is 0. The van der Waals surface area contributed by atoms with Gasteiger partial charge in [0.25, 0.3) is 0 Å². The third-order valence-corrected chi connectivity index (χ3v) is 2.16. The minimum atomic E-state index is 0.780. The fraction of sp³-hybridized carbons (Fsp3) is 0. The summed E-state index contributed by atoms with van der Waals surface area (Å²) in [6.45, 7) is 0. The molecule has 0 fully saturated rings. The molecule has 0 unspecified atom stereocenters. The molecule has 1 aromatic carbocycles. The highest BCUT2D eigenvalue weighted by atomic mass is 16.1. The Bertz CT molecular complexity index is 468. The van der Waals surface area contributed by atoms with Gasteiger partial charge in [0.1, 0.15) is 6.29 Å². The molecule has 0 aliphatic carbocycles. The molecule has 0 aliphatic rings. The standard InChI is InChI=1S/C13H11NO/c15-11-5-9-13-8-4-10-14(13)12-6-2-1-3-7-12/h1-11H/b9-5+. The van der Waals surface area contributed by atoms with E-state index in [1.54, 1.807) is 6.08 Å². The maximum atomic E-state index is 10.3. The van der Waals surface area contributed by atoms with Gasteiger partial charge >= 0.3 is 0 Å². The van der Waals surface area contributed by atoms with E-state index < -0.39 is 0 Å². The van der Waals surface area contributed by atoms with Crippen LogP contribution in [0.4, 0.5) is 0 Å². The number of carbonyl (C=O) groups is 1. The van der Waals surface area contributed by atoms with Gasteiger partial charge < -0.3 is 4.57 Å². The molecule has 0 spiro atoms. The Balaban J connectivity index is 2.41. The maximum absolute atomic E-state index is 10.3. The van der Waals surface area contributed by atoms with Crippen molar-refractivity contribution in [1.29, 1.82) is 0 Å². The van der Waals surface area contributed by atoms with Gasteiger partial charge in [-0.05, 0) is 36.4 Å². The van der Waals surface area contributed by atoms with Crippen LogP contribution >= 0.6 is 0 Å². The number of aldehydes is 1. The Morgan fingerprint density at radius 3 is 2.53 bits per heavy atom. The summed E-state index contributed by atoms with van der Waals surface area (Å²) in [5, 5.41) is 0. The van der Waals surface area contributed by atoms with Gasteiger partial charge in [-0.15, -0.1) is 0 Å². The van der Waals surface area contributed by atoms with E-state index in [0.717, 1.165) is 17.7 Å². The van der Waals surface area contributed by atoms with Crippen LogP contribution in [0.25, 0.3) is 11.8 Å². The Kier molecular flexibility index (Phi) is 2.79. The molecule has 2 heteroatoms. The third-order valence-electron chi connectivity index (χ3n) is 2.16. The molecule has 1 heterocycles. The summed E-state index contributed by atoms with van der Waals surface area (Å²) >= 11 is 0. The lowest BCUT2D eigenvalue weighted by molar-refractivity contribution is -0.104. The van der Waals surface area contributed by atoms with Crippen molar-refractivity contribution in [2.75, 3.05) is 0 Å². The molecule has 15 heavy (non-hydrogen) atoms. The molecule has 0 radical (unpaired) electrons. The summed E-state index contributed by atoms with van der Waals surface area (Å²) in [7, 11) is 0. The van der Waals surface area contributed by atoms with Gasteiger partial charge in [-0.25, -0.2) is 0 Å². The molecule has 0 amide bonds. The van der Waals surface area contributed by atoms with E-state index in [4.69, 9.17) is 0 Å². The van der Waals surface area contributed by atoms with E-state index in [0.29, 0.717) is 0 Å². The zero-order valence-corrected chi connectivity index (χ0v) is 8.21. The number of allylic oxidation sites excluding steroid dienone is 1. The SMILES string of the molecule is O=C/C=C/c1cccn1-c1ccccc1. The normalized spacial score (nSPS) is 10.7. The van der Waals surface area contributed by atoms with Crippen molar-refractivity contribution in [3.63, 3.8) is 0 Å². The van der Waals surface area contributed by atoms with Crippen LogP contribution in [-0.2, 0) is 4.79 Å². The van der Waals surface area contributed by atoms with E-state index in [1.165, 1.54) is 6.08 Å². The van der Waals surface area contributed by atoms with Gasteiger partial charge in [-0.1, -0.05) is 18.2 Å². The number of benzene rings is 1. The van der Waals surface area contributed by atoms with Crippen molar-refractivity contribution < 1.29 is 4.79 Å². The van der Waals surface area contributed by atoms with Crippen molar-refractivity contribution in [2.24, 2.45) is 0 Å². The van der Waals surface area contributed by atoms with Gasteiger partial charge in [0.2, 0.25) is 0 Å². The number of para-hydroxylation sites is 1. The third kappa shape index (κ3) is 2.05. The van der Waals surface area contributed by atoms with Crippen LogP contribution in [0.5, 0.6) is 0 Å². The summed E-state index contributed by atoms with van der Waals surface area (Å²) in [5.41, 5.74) is 2.08. The van der Waals surface area contributed by atoms with Crippen LogP contribution in [0.1, 0.15) is 5.69 Å². The first-order chi connectivity index (χ1) is 7.42. The number of hydrogen-bond acceptors (Lipinski definition) is 1. The van der Waals surface area contributed by atoms with Gasteiger partial charge in [0.05, 0.1) is 0 Å². The van der Waals surface area contributed by atoms with Crippen LogP contribution in [0.3, 0.4) is 0 Å². The first-order valence-corrected chi connectivity index (χ1v) is 4.76. The lowest BCUT2D eigenvalue weighted by Crippen LogP contribution is -1.93. The molecule has 0 saturated heterocycles. The second kappa shape index (κ2) is 4.42. The predicted octanol–water partition coefficient (Wildman–Crippen LogP) is 2.69. The molecule has 74 valence electrons. The molecule has 0 atom stereocenters. The van der Waals surface area contributed by atoms with Gasteiger partial charge in [0, 0.05) is 17.6 Å². The topological polar surface area (TPSA) is 22.0 Å². The summed E-state index contributed by atoms with van der Waals surface area (Å²) < 4.78 is 2.03. The first-order valence-electron chi connectivity index (χ1n) is 4.76. The predicted molar refractivity (Wildman–Crippen MR) is 60.9 cm³/mol. The zero-order valence-electron chi connectivity index (χ0n) is 8.21. The molecule has 0 aliphatic heterocycles. The van der Waals surface area contributed by atoms with E-state index in [1.807, 2.05) is 53.2 Å². The minimum Gasteiger partial charge on any atom is -0.317 e. The Morgan fingerprint density at radius 1 is 1.00 bits per heavy atom. The lowest BCUT2D eigenvalue weighted by Gasteiger charge is -2.05. The van der Waals surface area contributed by atoms with Crippen molar-refractivity contribution in [3.05, 3.63) is 60.4 Å². The summed E-state index contributed by atoms with van der Waals surface area (Å²) in [5.74, 6) is 0. The maximum Gasteiger partial charge on any atom is 0.142 e. The van der Waals surface area contributed by atoms with E-state index in [-0.39, 0.29) is 0 Å². The minimum absolute atomic E-state index is 0.780. The number of rotatable bonds is 3. The Labute approximate surface area is 88.5 Å². The fourth-order valence-corrected chi connectivity index (χ4v) is 1.49. The zero-order chi connectivity index (χ0) is 10.5. The van der Waals surface area contributed by atoms with Gasteiger partial charge in [0.15, 0.2) is 0 Å². The van der Waals surface area contributed by atoms with Crippen molar-refractivity contribution in [2.45, 2.75) is 0 Å². The molecule has 2 rings (SSSR count). The fourth-order valence-electron chi connectivity index (χ4n) is 1.49. The largest absolute Gasteiger partial charge is 0.317 e. The molecule has 0 N–H and O–H groups in total. The second-order valence-corrected chi connectivity index (χ2v) is 3.13. The highest BCUT2D eigenvalue weighted by Crippen LogP contribution is 2.13. The summed E-state index contributed by atoms with van der Waals surface area (Å²) in [4.78, 5) is 10.3. The molecule has 0 bridgehead atoms. The van der Waals surface area contributed by atoms with Crippen LogP contribution in [0.2, 0.25) is 0 Å². The van der Waals surface area contributed by atoms with Crippen LogP contribution in [0, 0.1) is 0 Å². The monoisotopic (exact) mass is 197 g/mol. The summed E-state index contributed by atoms with van der Waals surface area (Å²) in [6, 6.07) is 13.9. The quantitative estimate of drug-likeness (QED) is 0.547. The average molecular weight is 197 g/mol.